The molecule has 0 fully saturated rings. The van der Waals surface area contributed by atoms with Gasteiger partial charge >= 0.3 is 0 Å². The van der Waals surface area contributed by atoms with Crippen molar-refractivity contribution >= 4 is 11.6 Å². The Hall–Kier alpha value is -2.20. The van der Waals surface area contributed by atoms with E-state index in [-0.39, 0.29) is 5.91 Å². The van der Waals surface area contributed by atoms with Crippen LogP contribution in [0.1, 0.15) is 17.5 Å². The molecule has 20 heavy (non-hydrogen) atoms. The van der Waals surface area contributed by atoms with Crippen LogP contribution >= 0.6 is 0 Å². The fourth-order valence-electron chi connectivity index (χ4n) is 1.80. The zero-order chi connectivity index (χ0) is 14.2. The molecule has 0 atom stereocenters. The van der Waals surface area contributed by atoms with Gasteiger partial charge in [0.25, 0.3) is 0 Å². The normalized spacial score (nSPS) is 10.2. The molecule has 0 saturated heterocycles. The Morgan fingerprint density at radius 2 is 1.80 bits per heavy atom. The highest BCUT2D eigenvalue weighted by Gasteiger charge is 2.01. The van der Waals surface area contributed by atoms with Gasteiger partial charge in [-0.15, -0.1) is 0 Å². The summed E-state index contributed by atoms with van der Waals surface area (Å²) in [5.41, 5.74) is 3.19. The maximum atomic E-state index is 11.7. The van der Waals surface area contributed by atoms with Crippen LogP contribution in [0, 0.1) is 6.92 Å². The first-order valence-electron chi connectivity index (χ1n) is 6.70. The quantitative estimate of drug-likeness (QED) is 0.792. The van der Waals surface area contributed by atoms with Gasteiger partial charge in [-0.25, -0.2) is 0 Å². The Balaban J connectivity index is 1.66. The van der Waals surface area contributed by atoms with Crippen LogP contribution in [-0.4, -0.2) is 17.4 Å². The number of benzene rings is 1. The number of pyridine rings is 1. The SMILES string of the molecule is Cc1ccc(NC(=O)CCNCc2ccncc2)cc1. The molecule has 1 heterocycles. The van der Waals surface area contributed by atoms with E-state index in [9.17, 15) is 4.79 Å². The van der Waals surface area contributed by atoms with Crippen LogP contribution in [0.25, 0.3) is 0 Å². The third-order valence-electron chi connectivity index (χ3n) is 2.94. The molecule has 0 aliphatic carbocycles. The second-order valence-electron chi connectivity index (χ2n) is 4.70. The van der Waals surface area contributed by atoms with Gasteiger partial charge in [0, 0.05) is 37.6 Å². The van der Waals surface area contributed by atoms with Crippen molar-refractivity contribution in [3.8, 4) is 0 Å². The number of anilines is 1. The fourth-order valence-corrected chi connectivity index (χ4v) is 1.80. The van der Waals surface area contributed by atoms with E-state index >= 15 is 0 Å². The monoisotopic (exact) mass is 269 g/mol. The Morgan fingerprint density at radius 1 is 1.10 bits per heavy atom. The van der Waals surface area contributed by atoms with Gasteiger partial charge < -0.3 is 10.6 Å². The third kappa shape index (κ3) is 4.82. The highest BCUT2D eigenvalue weighted by Crippen LogP contribution is 2.08. The molecule has 4 heteroatoms. The number of hydrogen-bond acceptors (Lipinski definition) is 3. The van der Waals surface area contributed by atoms with Gasteiger partial charge in [0.05, 0.1) is 0 Å². The predicted octanol–water partition coefficient (Wildman–Crippen LogP) is 2.51. The number of nitrogens with zero attached hydrogens (tertiary/aromatic N) is 1. The minimum atomic E-state index is 0.0241. The largest absolute Gasteiger partial charge is 0.326 e. The highest BCUT2D eigenvalue weighted by atomic mass is 16.1. The van der Waals surface area contributed by atoms with Crippen molar-refractivity contribution in [2.75, 3.05) is 11.9 Å². The summed E-state index contributed by atoms with van der Waals surface area (Å²) in [6, 6.07) is 11.7. The number of carbonyl (C=O) groups excluding carboxylic acids is 1. The molecule has 4 nitrogen and oxygen atoms in total. The van der Waals surface area contributed by atoms with Crippen LogP contribution in [0.15, 0.2) is 48.8 Å². The van der Waals surface area contributed by atoms with Crippen LogP contribution in [-0.2, 0) is 11.3 Å². The Morgan fingerprint density at radius 3 is 2.50 bits per heavy atom. The molecule has 2 aromatic rings. The topological polar surface area (TPSA) is 54.0 Å². The molecule has 104 valence electrons. The number of amides is 1. The Bertz CT molecular complexity index is 537. The maximum Gasteiger partial charge on any atom is 0.225 e. The smallest absolute Gasteiger partial charge is 0.225 e. The Labute approximate surface area is 119 Å². The van der Waals surface area contributed by atoms with Crippen LogP contribution < -0.4 is 10.6 Å². The number of carbonyl (C=O) groups is 1. The molecule has 2 N–H and O–H groups in total. The molecule has 0 aliphatic rings. The van der Waals surface area contributed by atoms with Gasteiger partial charge in [-0.1, -0.05) is 17.7 Å². The summed E-state index contributed by atoms with van der Waals surface area (Å²) in [4.78, 5) is 15.7. The predicted molar refractivity (Wildman–Crippen MR) is 80.4 cm³/mol. The molecule has 0 saturated carbocycles. The first kappa shape index (κ1) is 14.2. The molecule has 1 amide bonds. The standard InChI is InChI=1S/C16H19N3O/c1-13-2-4-15(5-3-13)19-16(20)8-11-18-12-14-6-9-17-10-7-14/h2-7,9-10,18H,8,11-12H2,1H3,(H,19,20). The first-order chi connectivity index (χ1) is 9.74. The molecule has 1 aromatic heterocycles. The van der Waals surface area contributed by atoms with Crippen LogP contribution in [0.5, 0.6) is 0 Å². The number of aromatic nitrogens is 1. The summed E-state index contributed by atoms with van der Waals surface area (Å²) in [6.45, 7) is 3.43. The van der Waals surface area contributed by atoms with Crippen molar-refractivity contribution in [1.29, 1.82) is 0 Å². The number of aryl methyl sites for hydroxylation is 1. The minimum absolute atomic E-state index is 0.0241. The molecule has 1 aromatic carbocycles. The van der Waals surface area contributed by atoms with Gasteiger partial charge in [0.1, 0.15) is 0 Å². The minimum Gasteiger partial charge on any atom is -0.326 e. The van der Waals surface area contributed by atoms with Crippen LogP contribution in [0.2, 0.25) is 0 Å². The summed E-state index contributed by atoms with van der Waals surface area (Å²) in [7, 11) is 0. The van der Waals surface area contributed by atoms with Crippen LogP contribution in [0.4, 0.5) is 5.69 Å². The zero-order valence-corrected chi connectivity index (χ0v) is 11.6. The summed E-state index contributed by atoms with van der Waals surface area (Å²) in [6.07, 6.45) is 3.99. The van der Waals surface area contributed by atoms with Crippen molar-refractivity contribution < 1.29 is 4.79 Å². The third-order valence-corrected chi connectivity index (χ3v) is 2.94. The van der Waals surface area contributed by atoms with Crippen molar-refractivity contribution in [2.24, 2.45) is 0 Å². The van der Waals surface area contributed by atoms with E-state index in [0.717, 1.165) is 12.2 Å². The molecular formula is C16H19N3O. The van der Waals surface area contributed by atoms with Gasteiger partial charge in [-0.05, 0) is 36.8 Å². The number of hydrogen-bond donors (Lipinski definition) is 2. The first-order valence-corrected chi connectivity index (χ1v) is 6.70. The lowest BCUT2D eigenvalue weighted by atomic mass is 10.2. The fraction of sp³-hybridized carbons (Fsp3) is 0.250. The summed E-state index contributed by atoms with van der Waals surface area (Å²) >= 11 is 0. The molecule has 2 rings (SSSR count). The number of rotatable bonds is 6. The second kappa shape index (κ2) is 7.40. The lowest BCUT2D eigenvalue weighted by molar-refractivity contribution is -0.116. The Kier molecular flexibility index (Phi) is 5.26. The maximum absolute atomic E-state index is 11.7. The molecular weight excluding hydrogens is 250 g/mol. The highest BCUT2D eigenvalue weighted by molar-refractivity contribution is 5.90. The summed E-state index contributed by atoms with van der Waals surface area (Å²) in [5.74, 6) is 0.0241. The second-order valence-corrected chi connectivity index (χ2v) is 4.70. The number of nitrogens with one attached hydrogen (secondary N) is 2. The van der Waals surface area contributed by atoms with Gasteiger partial charge in [-0.3, -0.25) is 9.78 Å². The zero-order valence-electron chi connectivity index (χ0n) is 11.6. The lowest BCUT2D eigenvalue weighted by Gasteiger charge is -2.07. The van der Waals surface area contributed by atoms with Gasteiger partial charge in [-0.2, -0.15) is 0 Å². The van der Waals surface area contributed by atoms with E-state index in [1.807, 2.05) is 43.3 Å². The average molecular weight is 269 g/mol. The van der Waals surface area contributed by atoms with Crippen molar-refractivity contribution in [1.82, 2.24) is 10.3 Å². The van der Waals surface area contributed by atoms with E-state index in [1.54, 1.807) is 12.4 Å². The lowest BCUT2D eigenvalue weighted by Crippen LogP contribution is -2.21. The van der Waals surface area contributed by atoms with E-state index in [4.69, 9.17) is 0 Å². The van der Waals surface area contributed by atoms with Gasteiger partial charge in [0.15, 0.2) is 0 Å². The average Bonchev–Trinajstić information content (AvgIpc) is 2.47. The molecule has 0 bridgehead atoms. The molecule has 0 unspecified atom stereocenters. The summed E-state index contributed by atoms with van der Waals surface area (Å²) in [5, 5.41) is 6.12. The molecule has 0 radical (unpaired) electrons. The van der Waals surface area contributed by atoms with E-state index in [0.29, 0.717) is 13.0 Å². The molecule has 0 spiro atoms. The van der Waals surface area contributed by atoms with E-state index < -0.39 is 0 Å². The van der Waals surface area contributed by atoms with E-state index in [2.05, 4.69) is 15.6 Å². The van der Waals surface area contributed by atoms with E-state index in [1.165, 1.54) is 11.1 Å². The van der Waals surface area contributed by atoms with Crippen molar-refractivity contribution in [2.45, 2.75) is 19.9 Å². The van der Waals surface area contributed by atoms with Gasteiger partial charge in [0.2, 0.25) is 5.91 Å². The van der Waals surface area contributed by atoms with Crippen LogP contribution in [0.3, 0.4) is 0 Å². The van der Waals surface area contributed by atoms with Crippen molar-refractivity contribution in [3.63, 3.8) is 0 Å². The van der Waals surface area contributed by atoms with Crippen molar-refractivity contribution in [3.05, 3.63) is 59.9 Å². The molecule has 0 aliphatic heterocycles. The summed E-state index contributed by atoms with van der Waals surface area (Å²) < 4.78 is 0.